The average Bonchev–Trinajstić information content (AvgIpc) is 2.89. The van der Waals surface area contributed by atoms with Gasteiger partial charge < -0.3 is 9.64 Å². The van der Waals surface area contributed by atoms with E-state index in [1.54, 1.807) is 12.1 Å². The second kappa shape index (κ2) is 5.59. The van der Waals surface area contributed by atoms with Crippen LogP contribution >= 0.6 is 0 Å². The molecule has 3 aliphatic rings. The van der Waals surface area contributed by atoms with Gasteiger partial charge in [0.25, 0.3) is 5.69 Å². The molecule has 0 amide bonds. The lowest BCUT2D eigenvalue weighted by Crippen LogP contribution is -2.61. The Balaban J connectivity index is 1.67. The predicted molar refractivity (Wildman–Crippen MR) is 105 cm³/mol. The first-order chi connectivity index (χ1) is 13.1. The molecule has 0 N–H and O–H groups in total. The summed E-state index contributed by atoms with van der Waals surface area (Å²) < 4.78 is 6.72. The molecule has 5 heteroatoms. The number of hydrogen-bond donors (Lipinski definition) is 0. The second-order valence-corrected chi connectivity index (χ2v) is 7.83. The average molecular weight is 362 g/mol. The molecule has 2 aliphatic heterocycles. The van der Waals surface area contributed by atoms with Crippen LogP contribution in [0.4, 0.5) is 11.4 Å². The number of non-ortho nitro benzene ring substituents is 1. The SMILES string of the molecule is CN1c2ccccc2C2(CCCCC2)[C@@]12C=Cc1cc([N+](=O)[O-])ccc1O2. The van der Waals surface area contributed by atoms with Gasteiger partial charge in [-0.05, 0) is 42.7 Å². The van der Waals surface area contributed by atoms with Gasteiger partial charge in [-0.3, -0.25) is 10.1 Å². The minimum Gasteiger partial charge on any atom is -0.463 e. The van der Waals surface area contributed by atoms with Gasteiger partial charge in [-0.15, -0.1) is 0 Å². The molecular formula is C22H22N2O3. The Labute approximate surface area is 158 Å². The highest BCUT2D eigenvalue weighted by Crippen LogP contribution is 2.60. The molecular weight excluding hydrogens is 340 g/mol. The van der Waals surface area contributed by atoms with Crippen LogP contribution in [0.25, 0.3) is 6.08 Å². The Bertz CT molecular complexity index is 962. The number of nitro benzene ring substituents is 1. The molecule has 0 saturated heterocycles. The zero-order chi connectivity index (χ0) is 18.6. The molecule has 0 unspecified atom stereocenters. The molecule has 138 valence electrons. The minimum atomic E-state index is -0.583. The van der Waals surface area contributed by atoms with Crippen LogP contribution in [-0.4, -0.2) is 17.7 Å². The van der Waals surface area contributed by atoms with Crippen molar-refractivity contribution in [1.29, 1.82) is 0 Å². The highest BCUT2D eigenvalue weighted by Gasteiger charge is 2.62. The van der Waals surface area contributed by atoms with Crippen molar-refractivity contribution in [3.8, 4) is 5.75 Å². The Morgan fingerprint density at radius 3 is 2.67 bits per heavy atom. The first-order valence-electron chi connectivity index (χ1n) is 9.57. The molecule has 5 rings (SSSR count). The summed E-state index contributed by atoms with van der Waals surface area (Å²) in [4.78, 5) is 13.0. The van der Waals surface area contributed by atoms with Crippen LogP contribution in [-0.2, 0) is 5.41 Å². The summed E-state index contributed by atoms with van der Waals surface area (Å²) in [6.45, 7) is 0. The van der Waals surface area contributed by atoms with E-state index in [1.807, 2.05) is 6.08 Å². The molecule has 1 atom stereocenters. The van der Waals surface area contributed by atoms with Gasteiger partial charge in [0, 0.05) is 30.4 Å². The van der Waals surface area contributed by atoms with Crippen LogP contribution in [0.1, 0.15) is 43.2 Å². The Hall–Kier alpha value is -2.82. The Kier molecular flexibility index (Phi) is 3.39. The number of ether oxygens (including phenoxy) is 1. The molecule has 2 aromatic rings. The number of nitrogens with zero attached hydrogens (tertiary/aromatic N) is 2. The molecule has 1 aliphatic carbocycles. The molecule has 5 nitrogen and oxygen atoms in total. The van der Waals surface area contributed by atoms with Crippen molar-refractivity contribution in [2.24, 2.45) is 0 Å². The van der Waals surface area contributed by atoms with E-state index in [0.29, 0.717) is 5.75 Å². The standard InChI is InChI=1S/C22H22N2O3/c1-23-19-8-4-3-7-18(19)21(12-5-2-6-13-21)22(23)14-11-16-15-17(24(25)26)9-10-20(16)27-22/h3-4,7-11,14-15H,2,5-6,12-13H2,1H3/t22-/m0/s1. The fraction of sp³-hybridized carbons (Fsp3) is 0.364. The largest absolute Gasteiger partial charge is 0.463 e. The zero-order valence-corrected chi connectivity index (χ0v) is 15.4. The maximum Gasteiger partial charge on any atom is 0.270 e. The fourth-order valence-electron chi connectivity index (χ4n) is 5.36. The van der Waals surface area contributed by atoms with E-state index in [4.69, 9.17) is 4.74 Å². The monoisotopic (exact) mass is 362 g/mol. The summed E-state index contributed by atoms with van der Waals surface area (Å²) >= 11 is 0. The van der Waals surface area contributed by atoms with E-state index in [1.165, 1.54) is 36.6 Å². The lowest BCUT2D eigenvalue weighted by atomic mass is 9.64. The molecule has 0 bridgehead atoms. The molecule has 2 aromatic carbocycles. The molecule has 1 saturated carbocycles. The number of rotatable bonds is 1. The first-order valence-corrected chi connectivity index (χ1v) is 9.57. The molecule has 1 fully saturated rings. The van der Waals surface area contributed by atoms with Crippen molar-refractivity contribution in [2.75, 3.05) is 11.9 Å². The maximum atomic E-state index is 11.1. The predicted octanol–water partition coefficient (Wildman–Crippen LogP) is 5.05. The third-order valence-electron chi connectivity index (χ3n) is 6.63. The summed E-state index contributed by atoms with van der Waals surface area (Å²) in [6, 6.07) is 13.5. The summed E-state index contributed by atoms with van der Waals surface area (Å²) in [5, 5.41) is 11.1. The number of hydrogen-bond acceptors (Lipinski definition) is 4. The zero-order valence-electron chi connectivity index (χ0n) is 15.4. The van der Waals surface area contributed by atoms with E-state index >= 15 is 0 Å². The number of fused-ring (bicyclic) bond motifs is 4. The normalized spacial score (nSPS) is 24.6. The van der Waals surface area contributed by atoms with Crippen LogP contribution in [0.15, 0.2) is 48.5 Å². The summed E-state index contributed by atoms with van der Waals surface area (Å²) in [5.41, 5.74) is 2.77. The Morgan fingerprint density at radius 1 is 1.11 bits per heavy atom. The van der Waals surface area contributed by atoms with Gasteiger partial charge in [0.2, 0.25) is 5.72 Å². The van der Waals surface area contributed by atoms with E-state index in [-0.39, 0.29) is 16.0 Å². The van der Waals surface area contributed by atoms with Gasteiger partial charge in [0.15, 0.2) is 0 Å². The third kappa shape index (κ3) is 2.05. The van der Waals surface area contributed by atoms with Crippen LogP contribution in [0.5, 0.6) is 5.75 Å². The summed E-state index contributed by atoms with van der Waals surface area (Å²) in [7, 11) is 2.10. The van der Waals surface area contributed by atoms with E-state index in [9.17, 15) is 10.1 Å². The van der Waals surface area contributed by atoms with Crippen molar-refractivity contribution < 1.29 is 9.66 Å². The van der Waals surface area contributed by atoms with Crippen molar-refractivity contribution in [1.82, 2.24) is 0 Å². The fourth-order valence-corrected chi connectivity index (χ4v) is 5.36. The second-order valence-electron chi connectivity index (χ2n) is 7.83. The number of nitro groups is 1. The van der Waals surface area contributed by atoms with Gasteiger partial charge in [-0.25, -0.2) is 0 Å². The quantitative estimate of drug-likeness (QED) is 0.526. The maximum absolute atomic E-state index is 11.1. The molecule has 2 spiro atoms. The van der Waals surface area contributed by atoms with Crippen molar-refractivity contribution in [3.63, 3.8) is 0 Å². The topological polar surface area (TPSA) is 55.6 Å². The Morgan fingerprint density at radius 2 is 1.89 bits per heavy atom. The van der Waals surface area contributed by atoms with E-state index in [0.717, 1.165) is 18.4 Å². The van der Waals surface area contributed by atoms with Gasteiger partial charge in [-0.2, -0.15) is 0 Å². The lowest BCUT2D eigenvalue weighted by Gasteiger charge is -2.50. The van der Waals surface area contributed by atoms with Crippen LogP contribution < -0.4 is 9.64 Å². The van der Waals surface area contributed by atoms with Crippen molar-refractivity contribution in [3.05, 3.63) is 69.8 Å². The smallest absolute Gasteiger partial charge is 0.270 e. The van der Waals surface area contributed by atoms with Crippen molar-refractivity contribution >= 4 is 17.5 Å². The summed E-state index contributed by atoms with van der Waals surface area (Å²) in [6.07, 6.45) is 9.94. The number of likely N-dealkylation sites (N-methyl/N-ethyl adjacent to an activating group) is 1. The molecule has 0 aromatic heterocycles. The molecule has 27 heavy (non-hydrogen) atoms. The van der Waals surface area contributed by atoms with E-state index < -0.39 is 5.72 Å². The van der Waals surface area contributed by atoms with Gasteiger partial charge in [0.05, 0.1) is 10.3 Å². The third-order valence-corrected chi connectivity index (χ3v) is 6.63. The molecule has 0 radical (unpaired) electrons. The minimum absolute atomic E-state index is 0.0907. The van der Waals surface area contributed by atoms with Crippen LogP contribution in [0.3, 0.4) is 0 Å². The summed E-state index contributed by atoms with van der Waals surface area (Å²) in [5.74, 6) is 0.715. The molecule has 2 heterocycles. The highest BCUT2D eigenvalue weighted by atomic mass is 16.6. The van der Waals surface area contributed by atoms with Crippen LogP contribution in [0, 0.1) is 10.1 Å². The number of benzene rings is 2. The van der Waals surface area contributed by atoms with Crippen LogP contribution in [0.2, 0.25) is 0 Å². The number of para-hydroxylation sites is 1. The van der Waals surface area contributed by atoms with Gasteiger partial charge in [0.1, 0.15) is 5.75 Å². The van der Waals surface area contributed by atoms with E-state index in [2.05, 4.69) is 42.3 Å². The lowest BCUT2D eigenvalue weighted by molar-refractivity contribution is -0.384. The first kappa shape index (κ1) is 16.4. The van der Waals surface area contributed by atoms with Gasteiger partial charge in [-0.1, -0.05) is 37.5 Å². The van der Waals surface area contributed by atoms with Gasteiger partial charge >= 0.3 is 0 Å². The number of anilines is 1. The highest BCUT2D eigenvalue weighted by molar-refractivity contribution is 5.73. The van der Waals surface area contributed by atoms with Crippen molar-refractivity contribution in [2.45, 2.75) is 43.2 Å².